The lowest BCUT2D eigenvalue weighted by Crippen LogP contribution is -2.52. The second-order valence-corrected chi connectivity index (χ2v) is 11.7. The largest absolute Gasteiger partial charge is 0.494 e. The van der Waals surface area contributed by atoms with Crippen LogP contribution in [0.4, 0.5) is 27.4 Å². The average molecular weight is 665 g/mol. The molecule has 0 spiro atoms. The van der Waals surface area contributed by atoms with Gasteiger partial charge in [0.1, 0.15) is 23.3 Å². The Morgan fingerprint density at radius 3 is 2.69 bits per heavy atom. The van der Waals surface area contributed by atoms with Gasteiger partial charge in [-0.1, -0.05) is 24.3 Å². The molecule has 15 heteroatoms. The number of benzene rings is 3. The molecule has 248 valence electrons. The van der Waals surface area contributed by atoms with Crippen LogP contribution in [0.15, 0.2) is 67.0 Å². The van der Waals surface area contributed by atoms with E-state index in [0.717, 1.165) is 16.5 Å². The number of rotatable bonds is 9. The quantitative estimate of drug-likeness (QED) is 0.113. The lowest BCUT2D eigenvalue weighted by atomic mass is 10.0. The van der Waals surface area contributed by atoms with Gasteiger partial charge >= 0.3 is 0 Å². The third-order valence-electron chi connectivity index (χ3n) is 8.79. The molecule has 2 aliphatic rings. The summed E-state index contributed by atoms with van der Waals surface area (Å²) in [5.74, 6) is -1.74. The molecule has 1 fully saturated rings. The number of carbonyl (C=O) groups excluding carboxylic acids is 3. The van der Waals surface area contributed by atoms with E-state index in [1.165, 1.54) is 36.3 Å². The van der Waals surface area contributed by atoms with Crippen LogP contribution in [0, 0.1) is 15.9 Å². The summed E-state index contributed by atoms with van der Waals surface area (Å²) in [7, 11) is 3.36. The number of para-hydroxylation sites is 1. The van der Waals surface area contributed by atoms with Gasteiger partial charge in [0.05, 0.1) is 30.0 Å². The van der Waals surface area contributed by atoms with Gasteiger partial charge in [0.2, 0.25) is 17.8 Å². The fourth-order valence-electron chi connectivity index (χ4n) is 6.34. The predicted octanol–water partition coefficient (Wildman–Crippen LogP) is 4.81. The van der Waals surface area contributed by atoms with Crippen LogP contribution >= 0.6 is 0 Å². The van der Waals surface area contributed by atoms with Crippen molar-refractivity contribution >= 4 is 51.6 Å². The zero-order valence-electron chi connectivity index (χ0n) is 26.3. The summed E-state index contributed by atoms with van der Waals surface area (Å²) >= 11 is 0. The number of nitrogens with zero attached hydrogens (tertiary/aromatic N) is 5. The summed E-state index contributed by atoms with van der Waals surface area (Å²) in [6.45, 7) is -0.295. The molecule has 7 rings (SSSR count). The van der Waals surface area contributed by atoms with Crippen molar-refractivity contribution in [3.63, 3.8) is 0 Å². The van der Waals surface area contributed by atoms with Crippen LogP contribution in [0.1, 0.15) is 34.3 Å². The summed E-state index contributed by atoms with van der Waals surface area (Å²) in [6, 6.07) is 14.4. The molecule has 0 aliphatic carbocycles. The van der Waals surface area contributed by atoms with Gasteiger partial charge in [-0.25, -0.2) is 14.4 Å². The Morgan fingerprint density at radius 2 is 1.92 bits per heavy atom. The van der Waals surface area contributed by atoms with E-state index < -0.39 is 34.5 Å². The van der Waals surface area contributed by atoms with E-state index in [-0.39, 0.29) is 71.4 Å². The minimum Gasteiger partial charge on any atom is -0.494 e. The third kappa shape index (κ3) is 5.64. The molecule has 3 amide bonds. The van der Waals surface area contributed by atoms with E-state index in [9.17, 15) is 24.5 Å². The number of nitro benzene ring substituents is 1. The first-order valence-corrected chi connectivity index (χ1v) is 15.3. The molecule has 1 atom stereocenters. The number of nitrogens with one attached hydrogen (secondary N) is 3. The molecular formula is C34H29FN8O6. The Hall–Kier alpha value is -6.38. The number of piperidine rings is 1. The number of ether oxygens (including phenoxy) is 1. The van der Waals surface area contributed by atoms with Crippen LogP contribution in [-0.4, -0.2) is 55.2 Å². The zero-order chi connectivity index (χ0) is 34.4. The minimum absolute atomic E-state index is 0.0685. The molecule has 0 radical (unpaired) electrons. The monoisotopic (exact) mass is 664 g/mol. The highest BCUT2D eigenvalue weighted by molar-refractivity contribution is 6.05. The van der Waals surface area contributed by atoms with E-state index in [0.29, 0.717) is 5.69 Å². The number of aryl methyl sites for hydroxylation is 1. The van der Waals surface area contributed by atoms with Gasteiger partial charge in [0, 0.05) is 77.7 Å². The Bertz CT molecular complexity index is 2200. The van der Waals surface area contributed by atoms with Crippen molar-refractivity contribution in [1.29, 1.82) is 0 Å². The zero-order valence-corrected chi connectivity index (χ0v) is 26.3. The molecule has 5 aromatic rings. The van der Waals surface area contributed by atoms with E-state index in [1.54, 1.807) is 12.3 Å². The average Bonchev–Trinajstić information content (AvgIpc) is 3.61. The Kier molecular flexibility index (Phi) is 7.86. The Balaban J connectivity index is 1.12. The van der Waals surface area contributed by atoms with Crippen LogP contribution < -0.4 is 20.7 Å². The molecule has 14 nitrogen and oxygen atoms in total. The number of carbonyl (C=O) groups is 3. The van der Waals surface area contributed by atoms with Crippen LogP contribution in [0.3, 0.4) is 0 Å². The molecule has 49 heavy (non-hydrogen) atoms. The number of anilines is 3. The molecule has 2 aliphatic heterocycles. The molecule has 0 saturated carbocycles. The first-order chi connectivity index (χ1) is 23.6. The van der Waals surface area contributed by atoms with Crippen molar-refractivity contribution in [1.82, 2.24) is 24.8 Å². The summed E-state index contributed by atoms with van der Waals surface area (Å²) in [4.78, 5) is 58.8. The van der Waals surface area contributed by atoms with Crippen LogP contribution in [-0.2, 0) is 29.7 Å². The number of imide groups is 1. The normalized spacial score (nSPS) is 15.7. The fraction of sp³-hybridized carbons (Fsp3) is 0.206. The number of nitro groups is 1. The Morgan fingerprint density at radius 1 is 1.10 bits per heavy atom. The highest BCUT2D eigenvalue weighted by Gasteiger charge is 2.40. The number of aromatic nitrogens is 3. The standard InChI is InChI=1S/C34H29FN8O6/c1-41-16-21(19-5-3-4-6-26(19)41)23-11-12-36-34(38-23)39-25-13-28(43(47)48)24(14-29(25)49-2)37-15-18-7-8-20-22(31(18)35)17-42(33(20)46)27-9-10-30(44)40-32(27)45/h3-8,11-14,16,27,37H,9-10,15,17H2,1-2H3,(H,36,38,39)(H,40,44,45). The molecule has 3 N–H and O–H groups in total. The number of hydrogen-bond acceptors (Lipinski definition) is 10. The van der Waals surface area contributed by atoms with Gasteiger partial charge in [-0.15, -0.1) is 0 Å². The predicted molar refractivity (Wildman–Crippen MR) is 177 cm³/mol. The van der Waals surface area contributed by atoms with Gasteiger partial charge < -0.3 is 24.8 Å². The molecule has 2 aromatic heterocycles. The molecule has 0 bridgehead atoms. The number of hydrogen-bond donors (Lipinski definition) is 3. The fourth-order valence-corrected chi connectivity index (χ4v) is 6.34. The lowest BCUT2D eigenvalue weighted by Gasteiger charge is -2.29. The maximum Gasteiger partial charge on any atom is 0.294 e. The van der Waals surface area contributed by atoms with Gasteiger partial charge in [0.25, 0.3) is 11.6 Å². The van der Waals surface area contributed by atoms with Crippen molar-refractivity contribution in [2.75, 3.05) is 17.7 Å². The third-order valence-corrected chi connectivity index (χ3v) is 8.79. The van der Waals surface area contributed by atoms with E-state index in [1.807, 2.05) is 42.1 Å². The summed E-state index contributed by atoms with van der Waals surface area (Å²) < 4.78 is 23.3. The maximum atomic E-state index is 15.7. The highest BCUT2D eigenvalue weighted by Crippen LogP contribution is 2.39. The minimum atomic E-state index is -0.882. The first-order valence-electron chi connectivity index (χ1n) is 15.3. The molecule has 1 saturated heterocycles. The number of methoxy groups -OCH3 is 1. The van der Waals surface area contributed by atoms with Crippen LogP contribution in [0.25, 0.3) is 22.2 Å². The van der Waals surface area contributed by atoms with E-state index in [4.69, 9.17) is 4.74 Å². The topological polar surface area (TPSA) is 174 Å². The molecule has 3 aromatic carbocycles. The molecular weight excluding hydrogens is 635 g/mol. The second kappa shape index (κ2) is 12.3. The number of halogens is 1. The summed E-state index contributed by atoms with van der Waals surface area (Å²) in [5, 5.41) is 21.4. The highest BCUT2D eigenvalue weighted by atomic mass is 19.1. The van der Waals surface area contributed by atoms with Crippen LogP contribution in [0.5, 0.6) is 5.75 Å². The number of fused-ring (bicyclic) bond motifs is 2. The van der Waals surface area contributed by atoms with Gasteiger partial charge in [-0.2, -0.15) is 0 Å². The summed E-state index contributed by atoms with van der Waals surface area (Å²) in [6.07, 6.45) is 3.79. The van der Waals surface area contributed by atoms with Gasteiger partial charge in [-0.05, 0) is 24.6 Å². The smallest absolute Gasteiger partial charge is 0.294 e. The van der Waals surface area contributed by atoms with Gasteiger partial charge in [-0.3, -0.25) is 29.8 Å². The Labute approximate surface area is 278 Å². The van der Waals surface area contributed by atoms with Crippen molar-refractivity contribution in [3.8, 4) is 17.0 Å². The van der Waals surface area contributed by atoms with E-state index >= 15 is 4.39 Å². The number of amides is 3. The maximum absolute atomic E-state index is 15.7. The van der Waals surface area contributed by atoms with Crippen molar-refractivity contribution in [3.05, 3.63) is 99.6 Å². The summed E-state index contributed by atoms with van der Waals surface area (Å²) in [5.41, 5.74) is 2.98. The SMILES string of the molecule is COc1cc(NCc2ccc3c(c2F)CN(C2CCC(=O)NC2=O)C3=O)c([N+](=O)[O-])cc1Nc1nccc(-c2cn(C)c3ccccc23)n1. The lowest BCUT2D eigenvalue weighted by molar-refractivity contribution is -0.383. The van der Waals surface area contributed by atoms with Crippen molar-refractivity contribution < 1.29 is 28.4 Å². The molecule has 4 heterocycles. The van der Waals surface area contributed by atoms with E-state index in [2.05, 4.69) is 25.9 Å². The van der Waals surface area contributed by atoms with Crippen molar-refractivity contribution in [2.24, 2.45) is 7.05 Å². The van der Waals surface area contributed by atoms with Crippen LogP contribution in [0.2, 0.25) is 0 Å². The molecule has 1 unspecified atom stereocenters. The second-order valence-electron chi connectivity index (χ2n) is 11.7. The first kappa shape index (κ1) is 31.2. The van der Waals surface area contributed by atoms with Crippen molar-refractivity contribution in [2.45, 2.75) is 32.0 Å². The van der Waals surface area contributed by atoms with Gasteiger partial charge in [0.15, 0.2) is 0 Å².